The van der Waals surface area contributed by atoms with Crippen molar-refractivity contribution in [3.8, 4) is 0 Å². The van der Waals surface area contributed by atoms with Crippen LogP contribution in [0.2, 0.25) is 0 Å². The third-order valence-electron chi connectivity index (χ3n) is 3.59. The van der Waals surface area contributed by atoms with Gasteiger partial charge in [0.05, 0.1) is 0 Å². The number of rotatable bonds is 4. The molecule has 1 aliphatic rings. The van der Waals surface area contributed by atoms with E-state index in [0.717, 1.165) is 0 Å². The van der Waals surface area contributed by atoms with Gasteiger partial charge in [0.1, 0.15) is 0 Å². The quantitative estimate of drug-likeness (QED) is 0.724. The maximum atomic E-state index is 3.79. The molecule has 0 aromatic heterocycles. The van der Waals surface area contributed by atoms with Crippen molar-refractivity contribution in [1.82, 2.24) is 10.6 Å². The van der Waals surface area contributed by atoms with E-state index in [-0.39, 0.29) is 0 Å². The van der Waals surface area contributed by atoms with Crippen LogP contribution in [0.5, 0.6) is 0 Å². The second-order valence-corrected chi connectivity index (χ2v) is 4.39. The third-order valence-corrected chi connectivity index (χ3v) is 3.59. The molecule has 0 saturated carbocycles. The van der Waals surface area contributed by atoms with Crippen molar-refractivity contribution >= 4 is 0 Å². The van der Waals surface area contributed by atoms with Crippen LogP contribution in [-0.4, -0.2) is 24.2 Å². The first-order valence-electron chi connectivity index (χ1n) is 6.28. The topological polar surface area (TPSA) is 24.1 Å². The Morgan fingerprint density at radius 1 is 0.571 bits per heavy atom. The third kappa shape index (κ3) is 2.48. The Hall–Kier alpha value is -0.0800. The van der Waals surface area contributed by atoms with Crippen molar-refractivity contribution in [2.24, 2.45) is 0 Å². The van der Waals surface area contributed by atoms with Gasteiger partial charge in [0, 0.05) is 24.2 Å². The van der Waals surface area contributed by atoms with Crippen molar-refractivity contribution in [3.63, 3.8) is 0 Å². The Labute approximate surface area is 88.8 Å². The Balaban J connectivity index is 2.59. The lowest BCUT2D eigenvalue weighted by atomic mass is 9.91. The molecule has 1 rings (SSSR count). The minimum Gasteiger partial charge on any atom is -0.308 e. The van der Waals surface area contributed by atoms with Crippen LogP contribution in [0.4, 0.5) is 0 Å². The number of piperazine rings is 1. The van der Waals surface area contributed by atoms with Gasteiger partial charge in [-0.05, 0) is 25.7 Å². The molecule has 84 valence electrons. The van der Waals surface area contributed by atoms with Gasteiger partial charge >= 0.3 is 0 Å². The fourth-order valence-corrected chi connectivity index (χ4v) is 2.62. The van der Waals surface area contributed by atoms with E-state index in [1.807, 2.05) is 0 Å². The van der Waals surface area contributed by atoms with E-state index in [0.29, 0.717) is 24.2 Å². The molecule has 0 bridgehead atoms. The summed E-state index contributed by atoms with van der Waals surface area (Å²) in [5, 5.41) is 7.58. The van der Waals surface area contributed by atoms with Gasteiger partial charge in [0.2, 0.25) is 0 Å². The summed E-state index contributed by atoms with van der Waals surface area (Å²) < 4.78 is 0. The number of hydrogen-bond donors (Lipinski definition) is 2. The van der Waals surface area contributed by atoms with Crippen LogP contribution in [0.1, 0.15) is 53.4 Å². The molecule has 2 heteroatoms. The molecule has 4 atom stereocenters. The highest BCUT2D eigenvalue weighted by Gasteiger charge is 2.31. The van der Waals surface area contributed by atoms with Crippen molar-refractivity contribution in [3.05, 3.63) is 0 Å². The van der Waals surface area contributed by atoms with Crippen LogP contribution in [0.25, 0.3) is 0 Å². The molecular formula is C12H26N2. The highest BCUT2D eigenvalue weighted by atomic mass is 15.1. The molecule has 0 radical (unpaired) electrons. The summed E-state index contributed by atoms with van der Waals surface area (Å²) in [6.07, 6.45) is 4.94. The monoisotopic (exact) mass is 198 g/mol. The molecule has 0 aliphatic carbocycles. The predicted molar refractivity (Wildman–Crippen MR) is 62.6 cm³/mol. The van der Waals surface area contributed by atoms with E-state index in [1.54, 1.807) is 0 Å². The van der Waals surface area contributed by atoms with Gasteiger partial charge in [-0.1, -0.05) is 27.7 Å². The molecule has 0 amide bonds. The zero-order valence-electron chi connectivity index (χ0n) is 10.1. The smallest absolute Gasteiger partial charge is 0.0221 e. The Bertz CT molecular complexity index is 124. The van der Waals surface area contributed by atoms with Crippen LogP contribution < -0.4 is 10.6 Å². The normalized spacial score (nSPS) is 38.6. The summed E-state index contributed by atoms with van der Waals surface area (Å²) in [5.74, 6) is 0. The molecule has 2 N–H and O–H groups in total. The molecule has 1 aliphatic heterocycles. The SMILES string of the molecule is CCC1NC(CC)C(CC)NC1CC. The summed E-state index contributed by atoms with van der Waals surface area (Å²) in [4.78, 5) is 0. The minimum absolute atomic E-state index is 0.674. The van der Waals surface area contributed by atoms with Crippen LogP contribution in [0.15, 0.2) is 0 Å². The summed E-state index contributed by atoms with van der Waals surface area (Å²) >= 11 is 0. The number of nitrogens with one attached hydrogen (secondary N) is 2. The fraction of sp³-hybridized carbons (Fsp3) is 1.00. The maximum Gasteiger partial charge on any atom is 0.0221 e. The molecule has 0 aromatic carbocycles. The van der Waals surface area contributed by atoms with Gasteiger partial charge in [-0.15, -0.1) is 0 Å². The van der Waals surface area contributed by atoms with E-state index in [9.17, 15) is 0 Å². The van der Waals surface area contributed by atoms with Crippen molar-refractivity contribution in [1.29, 1.82) is 0 Å². The molecule has 1 saturated heterocycles. The van der Waals surface area contributed by atoms with Crippen LogP contribution in [0.3, 0.4) is 0 Å². The van der Waals surface area contributed by atoms with Gasteiger partial charge in [0.15, 0.2) is 0 Å². The first-order valence-corrected chi connectivity index (χ1v) is 6.28. The maximum absolute atomic E-state index is 3.79. The Morgan fingerprint density at radius 2 is 0.786 bits per heavy atom. The number of hydrogen-bond acceptors (Lipinski definition) is 2. The van der Waals surface area contributed by atoms with Crippen LogP contribution in [-0.2, 0) is 0 Å². The summed E-state index contributed by atoms with van der Waals surface area (Å²) in [7, 11) is 0. The molecule has 2 nitrogen and oxygen atoms in total. The molecule has 0 aromatic rings. The van der Waals surface area contributed by atoms with Gasteiger partial charge in [-0.3, -0.25) is 0 Å². The van der Waals surface area contributed by atoms with Gasteiger partial charge in [-0.2, -0.15) is 0 Å². The first kappa shape index (κ1) is 12.0. The molecule has 1 fully saturated rings. The van der Waals surface area contributed by atoms with Gasteiger partial charge in [0.25, 0.3) is 0 Å². The van der Waals surface area contributed by atoms with E-state index in [2.05, 4.69) is 38.3 Å². The largest absolute Gasteiger partial charge is 0.308 e. The van der Waals surface area contributed by atoms with Crippen molar-refractivity contribution in [2.45, 2.75) is 77.5 Å². The van der Waals surface area contributed by atoms with Crippen LogP contribution in [0, 0.1) is 0 Å². The molecule has 4 unspecified atom stereocenters. The average Bonchev–Trinajstić information content (AvgIpc) is 2.26. The lowest BCUT2D eigenvalue weighted by Gasteiger charge is -2.43. The fourth-order valence-electron chi connectivity index (χ4n) is 2.62. The predicted octanol–water partition coefficient (Wildman–Crippen LogP) is 2.29. The Morgan fingerprint density at radius 3 is 0.929 bits per heavy atom. The second-order valence-electron chi connectivity index (χ2n) is 4.39. The van der Waals surface area contributed by atoms with Gasteiger partial charge < -0.3 is 10.6 Å². The van der Waals surface area contributed by atoms with Gasteiger partial charge in [-0.25, -0.2) is 0 Å². The molecule has 1 heterocycles. The lowest BCUT2D eigenvalue weighted by molar-refractivity contribution is 0.192. The highest BCUT2D eigenvalue weighted by molar-refractivity contribution is 4.95. The average molecular weight is 198 g/mol. The van der Waals surface area contributed by atoms with Crippen molar-refractivity contribution in [2.75, 3.05) is 0 Å². The molecule has 14 heavy (non-hydrogen) atoms. The standard InChI is InChI=1S/C12H26N2/c1-5-9-10(6-2)14-12(8-4)11(7-3)13-9/h9-14H,5-8H2,1-4H3. The molecule has 0 spiro atoms. The zero-order valence-corrected chi connectivity index (χ0v) is 10.1. The minimum atomic E-state index is 0.674. The highest BCUT2D eigenvalue weighted by Crippen LogP contribution is 2.16. The summed E-state index contributed by atoms with van der Waals surface area (Å²) in [6.45, 7) is 9.12. The molecular weight excluding hydrogens is 172 g/mol. The van der Waals surface area contributed by atoms with E-state index in [4.69, 9.17) is 0 Å². The Kier molecular flexibility index (Phi) is 4.90. The lowest BCUT2D eigenvalue weighted by Crippen LogP contribution is -2.65. The van der Waals surface area contributed by atoms with Crippen LogP contribution >= 0.6 is 0 Å². The van der Waals surface area contributed by atoms with E-state index >= 15 is 0 Å². The second kappa shape index (κ2) is 5.72. The zero-order chi connectivity index (χ0) is 10.6. The van der Waals surface area contributed by atoms with Crippen molar-refractivity contribution < 1.29 is 0 Å². The van der Waals surface area contributed by atoms with E-state index in [1.165, 1.54) is 25.7 Å². The summed E-state index contributed by atoms with van der Waals surface area (Å²) in [6, 6.07) is 2.70. The first-order chi connectivity index (χ1) is 6.76. The summed E-state index contributed by atoms with van der Waals surface area (Å²) in [5.41, 5.74) is 0. The van der Waals surface area contributed by atoms with E-state index < -0.39 is 0 Å².